The summed E-state index contributed by atoms with van der Waals surface area (Å²) in [5.74, 6) is 0. The van der Waals surface area contributed by atoms with Gasteiger partial charge < -0.3 is 4.42 Å². The van der Waals surface area contributed by atoms with Crippen LogP contribution in [0.25, 0.3) is 262 Å². The van der Waals surface area contributed by atoms with Gasteiger partial charge in [0, 0.05) is 27.0 Å². The third kappa shape index (κ3) is 12.4. The van der Waals surface area contributed by atoms with Crippen LogP contribution in [0.4, 0.5) is 0 Å². The van der Waals surface area contributed by atoms with Crippen LogP contribution in [0.2, 0.25) is 0 Å². The lowest BCUT2D eigenvalue weighted by Gasteiger charge is -2.27. The van der Waals surface area contributed by atoms with Crippen molar-refractivity contribution in [3.05, 3.63) is 507 Å². The van der Waals surface area contributed by atoms with Crippen molar-refractivity contribution in [3.8, 4) is 111 Å². The van der Waals surface area contributed by atoms with Gasteiger partial charge in [-0.15, -0.1) is 0 Å². The fourth-order valence-electron chi connectivity index (χ4n) is 26.4. The summed E-state index contributed by atoms with van der Waals surface area (Å²) in [6.45, 7) is 14.5. The Balaban J connectivity index is 0.000000104. The van der Waals surface area contributed by atoms with E-state index >= 15 is 0 Å². The van der Waals surface area contributed by atoms with E-state index in [2.05, 4.69) is 509 Å². The van der Waals surface area contributed by atoms with E-state index in [1.165, 1.54) is 274 Å². The molecule has 0 N–H and O–H groups in total. The van der Waals surface area contributed by atoms with Crippen LogP contribution in [0.3, 0.4) is 0 Å². The predicted molar refractivity (Wildman–Crippen MR) is 607 cm³/mol. The van der Waals surface area contributed by atoms with Gasteiger partial charge in [-0.1, -0.05) is 478 Å². The highest BCUT2D eigenvalue weighted by molar-refractivity contribution is 6.29. The molecule has 1 nitrogen and oxygen atoms in total. The molecule has 30 rings (SSSR count). The largest absolute Gasteiger partial charge is 0.456 e. The maximum absolute atomic E-state index is 6.21. The molecule has 0 saturated carbocycles. The van der Waals surface area contributed by atoms with E-state index < -0.39 is 0 Å². The van der Waals surface area contributed by atoms with Gasteiger partial charge in [-0.05, 0) is 310 Å². The number of hydrogen-bond donors (Lipinski definition) is 0. The lowest BCUT2D eigenvalue weighted by Crippen LogP contribution is -2.17. The fraction of sp³-hybridized carbons (Fsp3) is 0.0638. The summed E-state index contributed by atoms with van der Waals surface area (Å²) in [6.07, 6.45) is 0. The Morgan fingerprint density at radius 1 is 0.127 bits per heavy atom. The van der Waals surface area contributed by atoms with Crippen LogP contribution in [0.5, 0.6) is 0 Å². The summed E-state index contributed by atoms with van der Waals surface area (Å²) < 4.78 is 6.21. The lowest BCUT2D eigenvalue weighted by atomic mass is 9.75. The molecule has 0 radical (unpaired) electrons. The van der Waals surface area contributed by atoms with E-state index in [0.29, 0.717) is 0 Å². The number of benzene rings is 26. The molecule has 0 unspecified atom stereocenters. The summed E-state index contributed by atoms with van der Waals surface area (Å²) in [6, 6.07) is 175. The van der Waals surface area contributed by atoms with Crippen LogP contribution < -0.4 is 0 Å². The summed E-state index contributed by atoms with van der Waals surface area (Å²) in [7, 11) is 0. The maximum atomic E-state index is 6.21. The number of rotatable bonds is 7. The van der Waals surface area contributed by atoms with Crippen molar-refractivity contribution >= 4 is 151 Å². The van der Waals surface area contributed by atoms with E-state index in [4.69, 9.17) is 4.42 Å². The first-order valence-corrected chi connectivity index (χ1v) is 50.0. The van der Waals surface area contributed by atoms with Crippen molar-refractivity contribution in [2.24, 2.45) is 0 Å². The number of fused-ring (bicyclic) bond motifs is 28. The topological polar surface area (TPSA) is 13.1 Å². The van der Waals surface area contributed by atoms with Crippen molar-refractivity contribution in [1.29, 1.82) is 0 Å². The monoisotopic (exact) mass is 1800 g/mol. The molecule has 666 valence electrons. The van der Waals surface area contributed by atoms with Crippen molar-refractivity contribution in [3.63, 3.8) is 0 Å². The van der Waals surface area contributed by atoms with E-state index in [9.17, 15) is 0 Å². The van der Waals surface area contributed by atoms with Gasteiger partial charge in [0.2, 0.25) is 0 Å². The van der Waals surface area contributed by atoms with Gasteiger partial charge in [-0.25, -0.2) is 0 Å². The van der Waals surface area contributed by atoms with Gasteiger partial charge in [0.25, 0.3) is 0 Å². The van der Waals surface area contributed by atoms with Crippen molar-refractivity contribution in [1.82, 2.24) is 0 Å². The number of furan rings is 1. The van der Waals surface area contributed by atoms with E-state index in [0.717, 1.165) is 21.9 Å². The molecule has 3 aliphatic carbocycles. The molecule has 0 saturated heterocycles. The molecule has 1 heteroatoms. The lowest BCUT2D eigenvalue weighted by molar-refractivity contribution is 0.668. The molecule has 0 spiro atoms. The standard InChI is InChI=1S/C51H34.C45H30O.C45H32/c1-51(2)49-35-16-6-5-13-31(35)25-28-44(49)43-23-12-24-45(50(43)51)48-41-19-9-7-17-39(41)47(40-18-8-10-20-42(40)48)38-22-11-21-36-37(38)27-26-34-29-32-14-3-4-15-33(32)30-46(34)36;1-45(2)43-29-13-4-3-12-27(29)22-24-36(43)35-19-11-20-37(44(35)45)42-33-17-7-5-15-31(33)41(32-16-6-8-18-34(32)42)28-23-25-40-38(26-28)30-14-9-10-21-39(30)46-40;1-45(2)43-33-19-7-6-16-30(33)26-27-39(43)38-24-13-25-40(44(38)45)42-36-22-10-8-20-34(36)41(35-21-9-11-23-37(35)42)32-18-12-17-31(28-32)29-14-4-3-5-15-29/h3-30H,1-2H3;3-26H,1-2H3;3-28H,1-2H3. The highest BCUT2D eigenvalue weighted by atomic mass is 16.3. The van der Waals surface area contributed by atoms with Crippen molar-refractivity contribution in [2.75, 3.05) is 0 Å². The van der Waals surface area contributed by atoms with E-state index in [1.54, 1.807) is 0 Å². The maximum Gasteiger partial charge on any atom is 0.135 e. The molecule has 3 aliphatic rings. The van der Waals surface area contributed by atoms with Gasteiger partial charge in [0.05, 0.1) is 0 Å². The minimum atomic E-state index is -0.177. The first-order valence-electron chi connectivity index (χ1n) is 50.0. The first kappa shape index (κ1) is 82.9. The zero-order chi connectivity index (χ0) is 94.5. The average Bonchev–Trinajstić information content (AvgIpc) is 1.53. The molecule has 26 aromatic carbocycles. The number of hydrogen-bond acceptors (Lipinski definition) is 1. The molecule has 142 heavy (non-hydrogen) atoms. The van der Waals surface area contributed by atoms with Crippen LogP contribution in [-0.2, 0) is 16.2 Å². The van der Waals surface area contributed by atoms with Crippen LogP contribution in [0.1, 0.15) is 74.9 Å². The van der Waals surface area contributed by atoms with Crippen molar-refractivity contribution < 1.29 is 4.42 Å². The van der Waals surface area contributed by atoms with Gasteiger partial charge in [0.1, 0.15) is 11.2 Å². The fourth-order valence-corrected chi connectivity index (χ4v) is 26.4. The van der Waals surface area contributed by atoms with E-state index in [1.807, 2.05) is 6.07 Å². The Morgan fingerprint density at radius 3 is 0.831 bits per heavy atom. The Kier molecular flexibility index (Phi) is 18.6. The Bertz CT molecular complexity index is 9920. The SMILES string of the molecule is CC1(C)c2c(cccc2-c2c3ccccc3c(-c3ccc4oc5ccccc5c4c3)c3ccccc23)-c2ccc3ccccc3c21.CC1(C)c2c(cccc2-c2c3ccccc3c(-c3cccc(-c4ccccc4)c3)c3ccccc23)-c2ccc3ccccc3c21.CC1(C)c2c(cccc2-c2c3ccccc3c(-c3cccc4c3ccc3cc5ccccc5cc34)c3ccccc23)-c2ccc3ccccc3c21. The molecule has 0 fully saturated rings. The number of para-hydroxylation sites is 1. The molecular weight excluding hydrogens is 1710 g/mol. The molecular formula is C141H96O. The molecule has 1 aromatic heterocycles. The van der Waals surface area contributed by atoms with Crippen LogP contribution in [0.15, 0.2) is 478 Å². The highest BCUT2D eigenvalue weighted by Crippen LogP contribution is 2.62. The molecule has 0 bridgehead atoms. The Hall–Kier alpha value is -17.4. The third-order valence-corrected chi connectivity index (χ3v) is 32.1. The van der Waals surface area contributed by atoms with Crippen LogP contribution >= 0.6 is 0 Å². The Morgan fingerprint density at radius 2 is 0.408 bits per heavy atom. The second-order valence-electron chi connectivity index (χ2n) is 40.9. The second kappa shape index (κ2) is 31.8. The minimum Gasteiger partial charge on any atom is -0.456 e. The minimum absolute atomic E-state index is 0.160. The van der Waals surface area contributed by atoms with Gasteiger partial charge >= 0.3 is 0 Å². The van der Waals surface area contributed by atoms with Crippen LogP contribution in [0, 0.1) is 0 Å². The zero-order valence-electron chi connectivity index (χ0n) is 79.9. The van der Waals surface area contributed by atoms with Gasteiger partial charge in [0.15, 0.2) is 0 Å². The highest BCUT2D eigenvalue weighted by Gasteiger charge is 2.44. The third-order valence-electron chi connectivity index (χ3n) is 32.1. The zero-order valence-corrected chi connectivity index (χ0v) is 79.9. The van der Waals surface area contributed by atoms with Crippen LogP contribution in [-0.4, -0.2) is 0 Å². The molecule has 0 atom stereocenters. The molecule has 0 aliphatic heterocycles. The second-order valence-corrected chi connectivity index (χ2v) is 40.9. The summed E-state index contributed by atoms with van der Waals surface area (Å²) >= 11 is 0. The molecule has 1 heterocycles. The normalized spacial score (nSPS) is 13.5. The van der Waals surface area contributed by atoms with Gasteiger partial charge in [-0.2, -0.15) is 0 Å². The quantitative estimate of drug-likeness (QED) is 0.114. The summed E-state index contributed by atoms with van der Waals surface area (Å²) in [4.78, 5) is 0. The van der Waals surface area contributed by atoms with Gasteiger partial charge in [-0.3, -0.25) is 0 Å². The Labute approximate surface area is 825 Å². The first-order chi connectivity index (χ1) is 69.8. The molecule has 27 aromatic rings. The summed E-state index contributed by atoms with van der Waals surface area (Å²) in [5, 5.41) is 33.3. The average molecular weight is 1810 g/mol. The smallest absolute Gasteiger partial charge is 0.135 e. The van der Waals surface area contributed by atoms with Crippen molar-refractivity contribution in [2.45, 2.75) is 57.8 Å². The van der Waals surface area contributed by atoms with E-state index in [-0.39, 0.29) is 16.2 Å². The summed E-state index contributed by atoms with van der Waals surface area (Å²) in [5.41, 5.74) is 36.0. The predicted octanol–water partition coefficient (Wildman–Crippen LogP) is 39.4. The molecule has 0 amide bonds.